The van der Waals surface area contributed by atoms with Crippen LogP contribution in [-0.4, -0.2) is 42.3 Å². The highest BCUT2D eigenvalue weighted by molar-refractivity contribution is 6.30. The van der Waals surface area contributed by atoms with E-state index >= 15 is 0 Å². The van der Waals surface area contributed by atoms with E-state index in [0.29, 0.717) is 19.5 Å². The van der Waals surface area contributed by atoms with E-state index in [1.807, 2.05) is 57.2 Å². The van der Waals surface area contributed by atoms with Gasteiger partial charge in [-0.1, -0.05) is 48.0 Å². The van der Waals surface area contributed by atoms with E-state index in [1.165, 1.54) is 6.07 Å². The minimum absolute atomic E-state index is 0.0915. The molecule has 2 aromatic rings. The van der Waals surface area contributed by atoms with Crippen LogP contribution in [0.4, 0.5) is 9.18 Å². The van der Waals surface area contributed by atoms with E-state index in [2.05, 4.69) is 5.32 Å². The molecule has 4 nitrogen and oxygen atoms in total. The third-order valence-electron chi connectivity index (χ3n) is 5.46. The number of carbonyl (C=O) groups excluding carboxylic acids is 1. The van der Waals surface area contributed by atoms with Gasteiger partial charge in [-0.05, 0) is 50.5 Å². The Morgan fingerprint density at radius 2 is 1.97 bits per heavy atom. The van der Waals surface area contributed by atoms with Gasteiger partial charge < -0.3 is 15.0 Å². The number of amides is 1. The molecule has 1 amide bonds. The van der Waals surface area contributed by atoms with Crippen LogP contribution in [0.15, 0.2) is 48.5 Å². The lowest BCUT2D eigenvalue weighted by Crippen LogP contribution is -2.56. The van der Waals surface area contributed by atoms with E-state index in [4.69, 9.17) is 16.3 Å². The Bertz CT molecular complexity index is 869. The fourth-order valence-electron chi connectivity index (χ4n) is 4.02. The molecule has 1 aliphatic heterocycles. The summed E-state index contributed by atoms with van der Waals surface area (Å²) in [7, 11) is 1.77. The quantitative estimate of drug-likeness (QED) is 0.758. The Morgan fingerprint density at radius 1 is 1.28 bits per heavy atom. The normalized spacial score (nSPS) is 21.8. The Labute approximate surface area is 177 Å². The average Bonchev–Trinajstić information content (AvgIpc) is 3.07. The molecule has 0 bridgehead atoms. The zero-order chi connectivity index (χ0) is 21.2. The molecule has 1 fully saturated rings. The first-order valence-electron chi connectivity index (χ1n) is 9.79. The van der Waals surface area contributed by atoms with Crippen molar-refractivity contribution in [1.29, 1.82) is 0 Å². The van der Waals surface area contributed by atoms with Crippen molar-refractivity contribution < 1.29 is 13.9 Å². The first-order chi connectivity index (χ1) is 13.6. The molecular weight excluding hydrogens is 391 g/mol. The van der Waals surface area contributed by atoms with Crippen molar-refractivity contribution >= 4 is 17.7 Å². The van der Waals surface area contributed by atoms with Gasteiger partial charge in [0.05, 0.1) is 10.6 Å². The summed E-state index contributed by atoms with van der Waals surface area (Å²) in [6, 6.07) is 14.9. The van der Waals surface area contributed by atoms with Crippen LogP contribution in [0.25, 0.3) is 0 Å². The highest BCUT2D eigenvalue weighted by atomic mass is 35.5. The molecular formula is C23H28ClFN2O2. The van der Waals surface area contributed by atoms with Crippen molar-refractivity contribution in [2.45, 2.75) is 44.2 Å². The van der Waals surface area contributed by atoms with Gasteiger partial charge in [0.2, 0.25) is 0 Å². The zero-order valence-corrected chi connectivity index (χ0v) is 18.1. The van der Waals surface area contributed by atoms with Crippen LogP contribution >= 0.6 is 11.6 Å². The molecule has 0 spiro atoms. The lowest BCUT2D eigenvalue weighted by molar-refractivity contribution is 0.00512. The highest BCUT2D eigenvalue weighted by Crippen LogP contribution is 2.40. The van der Waals surface area contributed by atoms with Crippen molar-refractivity contribution in [1.82, 2.24) is 10.2 Å². The van der Waals surface area contributed by atoms with E-state index in [1.54, 1.807) is 18.0 Å². The molecule has 2 aromatic carbocycles. The van der Waals surface area contributed by atoms with E-state index in [9.17, 15) is 9.18 Å². The zero-order valence-electron chi connectivity index (χ0n) is 17.3. The van der Waals surface area contributed by atoms with Gasteiger partial charge in [0, 0.05) is 26.1 Å². The molecule has 3 rings (SSSR count). The molecule has 1 N–H and O–H groups in total. The number of likely N-dealkylation sites (N-methyl/N-ethyl adjacent to an activating group) is 1. The molecule has 156 valence electrons. The molecule has 1 heterocycles. The molecule has 29 heavy (non-hydrogen) atoms. The van der Waals surface area contributed by atoms with Crippen LogP contribution < -0.4 is 5.32 Å². The predicted octanol–water partition coefficient (Wildman–Crippen LogP) is 5.01. The van der Waals surface area contributed by atoms with Crippen molar-refractivity contribution in [2.24, 2.45) is 0 Å². The summed E-state index contributed by atoms with van der Waals surface area (Å²) >= 11 is 5.90. The number of nitrogens with zero attached hydrogens (tertiary/aromatic N) is 1. The van der Waals surface area contributed by atoms with Gasteiger partial charge in [-0.3, -0.25) is 0 Å². The predicted molar refractivity (Wildman–Crippen MR) is 114 cm³/mol. The molecule has 0 unspecified atom stereocenters. The fraction of sp³-hybridized carbons (Fsp3) is 0.435. The van der Waals surface area contributed by atoms with Crippen molar-refractivity contribution in [2.75, 3.05) is 20.1 Å². The maximum absolute atomic E-state index is 14.2. The number of ether oxygens (including phenoxy) is 1. The van der Waals surface area contributed by atoms with Crippen LogP contribution in [0, 0.1) is 5.82 Å². The molecule has 0 saturated carbocycles. The highest BCUT2D eigenvalue weighted by Gasteiger charge is 2.49. The lowest BCUT2D eigenvalue weighted by Gasteiger charge is -2.43. The smallest absolute Gasteiger partial charge is 0.410 e. The van der Waals surface area contributed by atoms with Crippen LogP contribution in [0.1, 0.15) is 37.8 Å². The summed E-state index contributed by atoms with van der Waals surface area (Å²) < 4.78 is 19.9. The standard InChI is InChI=1S/C23H28ClFN2O2/c1-22(2,3)29-21(28)27(4)23(13-16-8-6-5-7-9-16)15-26-14-18(23)17-10-11-19(24)20(25)12-17/h5-12,18,26H,13-15H2,1-4H3/t18-,23+/m0/s1. The molecule has 0 aliphatic carbocycles. The molecule has 0 radical (unpaired) electrons. The van der Waals surface area contributed by atoms with Gasteiger partial charge in [0.1, 0.15) is 11.4 Å². The third-order valence-corrected chi connectivity index (χ3v) is 5.77. The topological polar surface area (TPSA) is 41.6 Å². The van der Waals surface area contributed by atoms with Gasteiger partial charge in [0.15, 0.2) is 0 Å². The molecule has 2 atom stereocenters. The van der Waals surface area contributed by atoms with E-state index < -0.39 is 23.1 Å². The Balaban J connectivity index is 2.03. The second-order valence-corrected chi connectivity index (χ2v) is 9.07. The largest absolute Gasteiger partial charge is 0.444 e. The van der Waals surface area contributed by atoms with Crippen molar-refractivity contribution in [3.63, 3.8) is 0 Å². The first-order valence-corrected chi connectivity index (χ1v) is 10.2. The molecule has 1 aliphatic rings. The SMILES string of the molecule is CN(C(=O)OC(C)(C)C)[C@]1(Cc2ccccc2)CNC[C@H]1c1ccc(Cl)c(F)c1. The summed E-state index contributed by atoms with van der Waals surface area (Å²) in [5, 5.41) is 3.50. The summed E-state index contributed by atoms with van der Waals surface area (Å²) in [6.07, 6.45) is 0.224. The summed E-state index contributed by atoms with van der Waals surface area (Å²) in [5.41, 5.74) is 0.700. The summed E-state index contributed by atoms with van der Waals surface area (Å²) in [4.78, 5) is 14.7. The number of halogens is 2. The van der Waals surface area contributed by atoms with Gasteiger partial charge in [-0.2, -0.15) is 0 Å². The van der Waals surface area contributed by atoms with Gasteiger partial charge >= 0.3 is 6.09 Å². The number of hydrogen-bond donors (Lipinski definition) is 1. The number of benzene rings is 2. The van der Waals surface area contributed by atoms with Gasteiger partial charge in [0.25, 0.3) is 0 Å². The number of nitrogens with one attached hydrogen (secondary N) is 1. The molecule has 1 saturated heterocycles. The monoisotopic (exact) mass is 418 g/mol. The third kappa shape index (κ3) is 4.73. The van der Waals surface area contributed by atoms with Crippen LogP contribution in [0.3, 0.4) is 0 Å². The number of carbonyl (C=O) groups is 1. The lowest BCUT2D eigenvalue weighted by atomic mass is 9.76. The Morgan fingerprint density at radius 3 is 2.59 bits per heavy atom. The van der Waals surface area contributed by atoms with Crippen molar-refractivity contribution in [3.8, 4) is 0 Å². The fourth-order valence-corrected chi connectivity index (χ4v) is 4.14. The van der Waals surface area contributed by atoms with Crippen LogP contribution in [0.2, 0.25) is 5.02 Å². The maximum atomic E-state index is 14.2. The maximum Gasteiger partial charge on any atom is 0.410 e. The second kappa shape index (κ2) is 8.33. The number of rotatable bonds is 4. The number of hydrogen-bond acceptors (Lipinski definition) is 3. The van der Waals surface area contributed by atoms with Crippen molar-refractivity contribution in [3.05, 3.63) is 70.5 Å². The van der Waals surface area contributed by atoms with Crippen LogP contribution in [-0.2, 0) is 11.2 Å². The van der Waals surface area contributed by atoms with E-state index in [-0.39, 0.29) is 10.9 Å². The molecule has 0 aromatic heterocycles. The Kier molecular flexibility index (Phi) is 6.20. The minimum atomic E-state index is -0.607. The minimum Gasteiger partial charge on any atom is -0.444 e. The summed E-state index contributed by atoms with van der Waals surface area (Å²) in [6.45, 7) is 6.75. The van der Waals surface area contributed by atoms with Gasteiger partial charge in [-0.15, -0.1) is 0 Å². The van der Waals surface area contributed by atoms with E-state index in [0.717, 1.165) is 11.1 Å². The second-order valence-electron chi connectivity index (χ2n) is 8.66. The Hall–Kier alpha value is -2.11. The summed E-state index contributed by atoms with van der Waals surface area (Å²) in [5.74, 6) is -0.573. The first kappa shape index (κ1) is 21.6. The average molecular weight is 419 g/mol. The molecule has 6 heteroatoms. The van der Waals surface area contributed by atoms with Gasteiger partial charge in [-0.25, -0.2) is 9.18 Å². The van der Waals surface area contributed by atoms with Crippen LogP contribution in [0.5, 0.6) is 0 Å².